The first-order valence-electron chi connectivity index (χ1n) is 5.88. The van der Waals surface area contributed by atoms with Crippen LogP contribution < -0.4 is 15.4 Å². The Bertz CT molecular complexity index is 515. The SMILES string of the molecule is COC(=O)CC(N)c1ccc2c(c1)N(C)C(=O)CO2. The van der Waals surface area contributed by atoms with Crippen LogP contribution in [0.25, 0.3) is 0 Å². The number of nitrogens with zero attached hydrogens (tertiary/aromatic N) is 1. The third-order valence-corrected chi connectivity index (χ3v) is 3.11. The molecule has 1 aromatic carbocycles. The van der Waals surface area contributed by atoms with Crippen LogP contribution in [0.3, 0.4) is 0 Å². The fourth-order valence-electron chi connectivity index (χ4n) is 1.90. The van der Waals surface area contributed by atoms with Gasteiger partial charge in [0.25, 0.3) is 5.91 Å². The lowest BCUT2D eigenvalue weighted by Crippen LogP contribution is -2.35. The quantitative estimate of drug-likeness (QED) is 0.809. The van der Waals surface area contributed by atoms with E-state index in [0.717, 1.165) is 5.56 Å². The third-order valence-electron chi connectivity index (χ3n) is 3.11. The number of likely N-dealkylation sites (N-methyl/N-ethyl adjacent to an activating group) is 1. The molecular formula is C13H16N2O4. The standard InChI is InChI=1S/C13H16N2O4/c1-15-10-5-8(9(14)6-13(17)18-2)3-4-11(10)19-7-12(15)16/h3-5,9H,6-7,14H2,1-2H3. The first kappa shape index (κ1) is 13.4. The van der Waals surface area contributed by atoms with E-state index in [1.165, 1.54) is 12.0 Å². The van der Waals surface area contributed by atoms with Crippen molar-refractivity contribution in [2.75, 3.05) is 25.7 Å². The van der Waals surface area contributed by atoms with Crippen LogP contribution >= 0.6 is 0 Å². The number of nitrogens with two attached hydrogens (primary N) is 1. The summed E-state index contributed by atoms with van der Waals surface area (Å²) in [5.74, 6) is 0.146. The number of fused-ring (bicyclic) bond motifs is 1. The van der Waals surface area contributed by atoms with Gasteiger partial charge in [-0.3, -0.25) is 9.59 Å². The Hall–Kier alpha value is -2.08. The fourth-order valence-corrected chi connectivity index (χ4v) is 1.90. The van der Waals surface area contributed by atoms with Gasteiger partial charge >= 0.3 is 5.97 Å². The van der Waals surface area contributed by atoms with Crippen molar-refractivity contribution >= 4 is 17.6 Å². The molecule has 0 radical (unpaired) electrons. The first-order chi connectivity index (χ1) is 9.02. The largest absolute Gasteiger partial charge is 0.482 e. The maximum Gasteiger partial charge on any atom is 0.307 e. The van der Waals surface area contributed by atoms with Gasteiger partial charge in [-0.1, -0.05) is 6.07 Å². The molecule has 102 valence electrons. The van der Waals surface area contributed by atoms with E-state index in [1.807, 2.05) is 0 Å². The molecular weight excluding hydrogens is 248 g/mol. The Morgan fingerprint density at radius 2 is 2.32 bits per heavy atom. The highest BCUT2D eigenvalue weighted by Gasteiger charge is 2.23. The minimum Gasteiger partial charge on any atom is -0.482 e. The van der Waals surface area contributed by atoms with Crippen molar-refractivity contribution in [3.05, 3.63) is 23.8 Å². The molecule has 0 aliphatic carbocycles. The predicted octanol–water partition coefficient (Wildman–Crippen LogP) is 0.605. The molecule has 1 heterocycles. The molecule has 0 bridgehead atoms. The van der Waals surface area contributed by atoms with E-state index >= 15 is 0 Å². The minimum atomic E-state index is -0.469. The Balaban J connectivity index is 2.25. The number of ether oxygens (including phenoxy) is 2. The van der Waals surface area contributed by atoms with E-state index < -0.39 is 6.04 Å². The number of carbonyl (C=O) groups is 2. The third kappa shape index (κ3) is 2.68. The van der Waals surface area contributed by atoms with Gasteiger partial charge in [0.15, 0.2) is 6.61 Å². The van der Waals surface area contributed by atoms with Crippen LogP contribution in [-0.4, -0.2) is 32.6 Å². The van der Waals surface area contributed by atoms with Gasteiger partial charge in [0.1, 0.15) is 5.75 Å². The van der Waals surface area contributed by atoms with Crippen LogP contribution in [0.5, 0.6) is 5.75 Å². The molecule has 0 fully saturated rings. The van der Waals surface area contributed by atoms with Gasteiger partial charge in [-0.2, -0.15) is 0 Å². The van der Waals surface area contributed by atoms with Crippen LogP contribution in [0.2, 0.25) is 0 Å². The van der Waals surface area contributed by atoms with Crippen molar-refractivity contribution in [1.82, 2.24) is 0 Å². The number of methoxy groups -OCH3 is 1. The maximum absolute atomic E-state index is 11.6. The molecule has 2 N–H and O–H groups in total. The molecule has 0 aromatic heterocycles. The molecule has 1 aromatic rings. The van der Waals surface area contributed by atoms with E-state index in [4.69, 9.17) is 10.5 Å². The molecule has 6 heteroatoms. The van der Waals surface area contributed by atoms with Crippen molar-refractivity contribution in [3.8, 4) is 5.75 Å². The molecule has 1 unspecified atom stereocenters. The average molecular weight is 264 g/mol. The van der Waals surface area contributed by atoms with Crippen LogP contribution in [0.15, 0.2) is 18.2 Å². The molecule has 0 spiro atoms. The average Bonchev–Trinajstić information content (AvgIpc) is 2.42. The summed E-state index contributed by atoms with van der Waals surface area (Å²) in [5, 5.41) is 0. The molecule has 19 heavy (non-hydrogen) atoms. The lowest BCUT2D eigenvalue weighted by atomic mass is 10.0. The van der Waals surface area contributed by atoms with Crippen LogP contribution in [0, 0.1) is 0 Å². The number of amides is 1. The predicted molar refractivity (Wildman–Crippen MR) is 68.9 cm³/mol. The number of benzene rings is 1. The molecule has 6 nitrogen and oxygen atoms in total. The summed E-state index contributed by atoms with van der Waals surface area (Å²) < 4.78 is 9.90. The van der Waals surface area contributed by atoms with Crippen molar-refractivity contribution in [2.45, 2.75) is 12.5 Å². The van der Waals surface area contributed by atoms with Gasteiger partial charge in [-0.15, -0.1) is 0 Å². The van der Waals surface area contributed by atoms with Gasteiger partial charge in [0.05, 0.1) is 19.2 Å². The second kappa shape index (κ2) is 5.27. The normalized spacial score (nSPS) is 15.5. The molecule has 0 saturated heterocycles. The Morgan fingerprint density at radius 3 is 3.00 bits per heavy atom. The minimum absolute atomic E-state index is 0.0388. The molecule has 1 atom stereocenters. The second-order valence-corrected chi connectivity index (χ2v) is 4.36. The molecule has 1 aliphatic rings. The van der Waals surface area contributed by atoms with E-state index in [-0.39, 0.29) is 24.9 Å². The van der Waals surface area contributed by atoms with Crippen molar-refractivity contribution < 1.29 is 19.1 Å². The lowest BCUT2D eigenvalue weighted by Gasteiger charge is -2.27. The summed E-state index contributed by atoms with van der Waals surface area (Å²) >= 11 is 0. The number of hydrogen-bond acceptors (Lipinski definition) is 5. The summed E-state index contributed by atoms with van der Waals surface area (Å²) in [6.45, 7) is 0.0388. The summed E-state index contributed by atoms with van der Waals surface area (Å²) in [4.78, 5) is 24.3. The van der Waals surface area contributed by atoms with Crippen molar-refractivity contribution in [2.24, 2.45) is 5.73 Å². The van der Waals surface area contributed by atoms with Gasteiger partial charge in [0.2, 0.25) is 0 Å². The number of rotatable bonds is 3. The zero-order chi connectivity index (χ0) is 14.0. The number of carbonyl (C=O) groups excluding carboxylic acids is 2. The van der Waals surface area contributed by atoms with Crippen LogP contribution in [0.4, 0.5) is 5.69 Å². The molecule has 1 aliphatic heterocycles. The van der Waals surface area contributed by atoms with Gasteiger partial charge in [-0.05, 0) is 17.7 Å². The number of anilines is 1. The van der Waals surface area contributed by atoms with E-state index in [2.05, 4.69) is 4.74 Å². The lowest BCUT2D eigenvalue weighted by molar-refractivity contribution is -0.141. The number of esters is 1. The summed E-state index contributed by atoms with van der Waals surface area (Å²) in [6, 6.07) is 4.84. The monoisotopic (exact) mass is 264 g/mol. The van der Waals surface area contributed by atoms with Crippen molar-refractivity contribution in [1.29, 1.82) is 0 Å². The number of hydrogen-bond donors (Lipinski definition) is 1. The fraction of sp³-hybridized carbons (Fsp3) is 0.385. The zero-order valence-electron chi connectivity index (χ0n) is 10.9. The Labute approximate surface area is 111 Å². The molecule has 2 rings (SSSR count). The molecule has 1 amide bonds. The molecule has 0 saturated carbocycles. The Kier molecular flexibility index (Phi) is 3.71. The smallest absolute Gasteiger partial charge is 0.307 e. The van der Waals surface area contributed by atoms with E-state index in [1.54, 1.807) is 25.2 Å². The first-order valence-corrected chi connectivity index (χ1v) is 5.88. The van der Waals surface area contributed by atoms with Gasteiger partial charge < -0.3 is 20.1 Å². The van der Waals surface area contributed by atoms with E-state index in [0.29, 0.717) is 11.4 Å². The Morgan fingerprint density at radius 1 is 1.58 bits per heavy atom. The van der Waals surface area contributed by atoms with Crippen LogP contribution in [0.1, 0.15) is 18.0 Å². The highest BCUT2D eigenvalue weighted by Crippen LogP contribution is 2.33. The van der Waals surface area contributed by atoms with Gasteiger partial charge in [0, 0.05) is 13.1 Å². The van der Waals surface area contributed by atoms with E-state index in [9.17, 15) is 9.59 Å². The van der Waals surface area contributed by atoms with Crippen LogP contribution in [-0.2, 0) is 14.3 Å². The summed E-state index contributed by atoms with van der Waals surface area (Å²) in [6.07, 6.45) is 0.0911. The second-order valence-electron chi connectivity index (χ2n) is 4.36. The highest BCUT2D eigenvalue weighted by atomic mass is 16.5. The summed E-state index contributed by atoms with van der Waals surface area (Å²) in [7, 11) is 3.00. The topological polar surface area (TPSA) is 81.9 Å². The highest BCUT2D eigenvalue weighted by molar-refractivity contribution is 5.97. The summed E-state index contributed by atoms with van der Waals surface area (Å²) in [5.41, 5.74) is 7.36. The van der Waals surface area contributed by atoms with Gasteiger partial charge in [-0.25, -0.2) is 0 Å². The maximum atomic E-state index is 11.6. The zero-order valence-corrected chi connectivity index (χ0v) is 10.9. The van der Waals surface area contributed by atoms with Crippen molar-refractivity contribution in [3.63, 3.8) is 0 Å².